The van der Waals surface area contributed by atoms with Crippen LogP contribution in [0.4, 0.5) is 0 Å². The van der Waals surface area contributed by atoms with Crippen molar-refractivity contribution in [2.75, 3.05) is 0 Å². The lowest BCUT2D eigenvalue weighted by Crippen LogP contribution is -2.23. The third-order valence-electron chi connectivity index (χ3n) is 3.55. The summed E-state index contributed by atoms with van der Waals surface area (Å²) in [5, 5.41) is 1.03. The molecule has 104 valence electrons. The Bertz CT molecular complexity index is 683. The first kappa shape index (κ1) is 13.4. The molecule has 4 heteroatoms. The predicted molar refractivity (Wildman–Crippen MR) is 83.1 cm³/mol. The number of aryl methyl sites for hydroxylation is 1. The van der Waals surface area contributed by atoms with Crippen molar-refractivity contribution >= 4 is 28.6 Å². The minimum absolute atomic E-state index is 0.0508. The molecule has 0 fully saturated rings. The molecule has 0 radical (unpaired) electrons. The summed E-state index contributed by atoms with van der Waals surface area (Å²) in [7, 11) is 0. The highest BCUT2D eigenvalue weighted by Gasteiger charge is 2.26. The van der Waals surface area contributed by atoms with E-state index in [1.165, 1.54) is 11.1 Å². The van der Waals surface area contributed by atoms with Gasteiger partial charge in [0.15, 0.2) is 5.16 Å². The molecular formula is C16H18N2OS. The zero-order valence-electron chi connectivity index (χ0n) is 11.8. The van der Waals surface area contributed by atoms with Crippen molar-refractivity contribution in [2.45, 2.75) is 43.6 Å². The maximum atomic E-state index is 12.2. The Labute approximate surface area is 123 Å². The summed E-state index contributed by atoms with van der Waals surface area (Å²) in [6, 6.07) is 8.16. The van der Waals surface area contributed by atoms with Gasteiger partial charge in [0.25, 0.3) is 0 Å². The lowest BCUT2D eigenvalue weighted by Gasteiger charge is -2.21. The highest BCUT2D eigenvalue weighted by molar-refractivity contribution is 8.00. The molecule has 1 aromatic heterocycles. The molecule has 0 amide bonds. The number of ketones is 1. The van der Waals surface area contributed by atoms with Gasteiger partial charge in [-0.1, -0.05) is 35.5 Å². The zero-order valence-corrected chi connectivity index (χ0v) is 12.6. The quantitative estimate of drug-likeness (QED) is 0.804. The number of allylic oxidation sites excluding steroid dienone is 2. The van der Waals surface area contributed by atoms with E-state index in [2.05, 4.69) is 15.6 Å². The topological polar surface area (TPSA) is 34.9 Å². The number of rotatable bonds is 3. The molecule has 0 saturated heterocycles. The van der Waals surface area contributed by atoms with Gasteiger partial charge in [-0.2, -0.15) is 0 Å². The number of aromatic nitrogens is 2. The normalized spacial score (nSPS) is 17.8. The van der Waals surface area contributed by atoms with E-state index in [-0.39, 0.29) is 5.25 Å². The van der Waals surface area contributed by atoms with E-state index in [1.54, 1.807) is 11.8 Å². The average Bonchev–Trinajstić information content (AvgIpc) is 2.82. The minimum Gasteiger partial charge on any atom is -0.319 e. The molecule has 1 aliphatic heterocycles. The van der Waals surface area contributed by atoms with Crippen LogP contribution in [0.15, 0.2) is 41.1 Å². The van der Waals surface area contributed by atoms with Gasteiger partial charge < -0.3 is 4.57 Å². The van der Waals surface area contributed by atoms with Gasteiger partial charge in [-0.05, 0) is 32.4 Å². The molecule has 0 saturated carbocycles. The fourth-order valence-electron chi connectivity index (χ4n) is 2.45. The third kappa shape index (κ3) is 2.52. The predicted octanol–water partition coefficient (Wildman–Crippen LogP) is 3.83. The number of benzene rings is 1. The lowest BCUT2D eigenvalue weighted by molar-refractivity contribution is -0.118. The summed E-state index contributed by atoms with van der Waals surface area (Å²) in [4.78, 5) is 16.9. The second kappa shape index (κ2) is 5.44. The van der Waals surface area contributed by atoms with E-state index in [0.717, 1.165) is 23.6 Å². The molecule has 2 heterocycles. The number of imidazole rings is 1. The molecule has 0 N–H and O–H groups in total. The molecule has 1 atom stereocenters. The second-order valence-electron chi connectivity index (χ2n) is 5.38. The summed E-state index contributed by atoms with van der Waals surface area (Å²) in [6.07, 6.45) is 3.45. The molecule has 0 bridgehead atoms. The molecule has 1 unspecified atom stereocenters. The number of nitrogens with zero attached hydrogens (tertiary/aromatic N) is 2. The van der Waals surface area contributed by atoms with Gasteiger partial charge in [0, 0.05) is 13.0 Å². The van der Waals surface area contributed by atoms with Crippen molar-refractivity contribution in [3.8, 4) is 0 Å². The number of hydrogen-bond donors (Lipinski definition) is 0. The number of carbonyl (C=O) groups is 1. The number of para-hydroxylation sites is 2. The molecule has 0 aliphatic carbocycles. The first-order valence-corrected chi connectivity index (χ1v) is 7.81. The van der Waals surface area contributed by atoms with E-state index < -0.39 is 0 Å². The van der Waals surface area contributed by atoms with E-state index >= 15 is 0 Å². The summed E-state index contributed by atoms with van der Waals surface area (Å²) < 4.78 is 2.23. The number of Topliss-reactive ketones (excluding diaryl/α,β-unsaturated/α-hetero) is 1. The van der Waals surface area contributed by atoms with Crippen molar-refractivity contribution in [1.29, 1.82) is 0 Å². The van der Waals surface area contributed by atoms with Gasteiger partial charge >= 0.3 is 0 Å². The third-order valence-corrected chi connectivity index (χ3v) is 4.86. The van der Waals surface area contributed by atoms with Gasteiger partial charge in [0.2, 0.25) is 0 Å². The van der Waals surface area contributed by atoms with Gasteiger partial charge in [-0.15, -0.1) is 0 Å². The SMILES string of the molecule is CC(C)=CCC(=O)C1CCn2c(nc3ccccc32)S1. The second-order valence-corrected chi connectivity index (χ2v) is 6.55. The van der Waals surface area contributed by atoms with Crippen LogP contribution in [0.25, 0.3) is 11.0 Å². The Morgan fingerprint density at radius 1 is 1.45 bits per heavy atom. The summed E-state index contributed by atoms with van der Waals surface area (Å²) in [5.74, 6) is 0.314. The molecule has 0 spiro atoms. The smallest absolute Gasteiger partial charge is 0.169 e. The molecule has 1 aliphatic rings. The van der Waals surface area contributed by atoms with E-state index in [0.29, 0.717) is 12.2 Å². The highest BCUT2D eigenvalue weighted by atomic mass is 32.2. The number of fused-ring (bicyclic) bond motifs is 3. The fourth-order valence-corrected chi connectivity index (χ4v) is 3.63. The first-order chi connectivity index (χ1) is 9.65. The molecule has 20 heavy (non-hydrogen) atoms. The van der Waals surface area contributed by atoms with Gasteiger partial charge in [0.05, 0.1) is 16.3 Å². The van der Waals surface area contributed by atoms with Crippen LogP contribution in [0.1, 0.15) is 26.7 Å². The average molecular weight is 286 g/mol. The maximum Gasteiger partial charge on any atom is 0.169 e. The Morgan fingerprint density at radius 2 is 2.25 bits per heavy atom. The van der Waals surface area contributed by atoms with Crippen LogP contribution in [0.5, 0.6) is 0 Å². The number of hydrogen-bond acceptors (Lipinski definition) is 3. The minimum atomic E-state index is 0.0508. The van der Waals surface area contributed by atoms with Crippen molar-refractivity contribution in [3.05, 3.63) is 35.9 Å². The maximum absolute atomic E-state index is 12.2. The van der Waals surface area contributed by atoms with E-state index in [9.17, 15) is 4.79 Å². The van der Waals surface area contributed by atoms with Crippen molar-refractivity contribution < 1.29 is 4.79 Å². The van der Waals surface area contributed by atoms with Crippen molar-refractivity contribution in [2.24, 2.45) is 0 Å². The van der Waals surface area contributed by atoms with Gasteiger partial charge in [-0.25, -0.2) is 4.98 Å². The van der Waals surface area contributed by atoms with Gasteiger partial charge in [-0.3, -0.25) is 4.79 Å². The van der Waals surface area contributed by atoms with Crippen molar-refractivity contribution in [3.63, 3.8) is 0 Å². The Kier molecular flexibility index (Phi) is 3.66. The summed E-state index contributed by atoms with van der Waals surface area (Å²) in [6.45, 7) is 4.94. The molecule has 1 aromatic carbocycles. The largest absolute Gasteiger partial charge is 0.319 e. The Balaban J connectivity index is 1.82. The standard InChI is InChI=1S/C16H18N2OS/c1-11(2)7-8-14(19)15-9-10-18-13-6-4-3-5-12(13)17-16(18)20-15/h3-7,15H,8-10H2,1-2H3. The number of thioether (sulfide) groups is 1. The lowest BCUT2D eigenvalue weighted by atomic mass is 10.1. The van der Waals surface area contributed by atoms with Crippen LogP contribution in [-0.2, 0) is 11.3 Å². The van der Waals surface area contributed by atoms with E-state index in [4.69, 9.17) is 0 Å². The zero-order chi connectivity index (χ0) is 14.1. The monoisotopic (exact) mass is 286 g/mol. The van der Waals surface area contributed by atoms with Crippen molar-refractivity contribution in [1.82, 2.24) is 9.55 Å². The van der Waals surface area contributed by atoms with Crippen LogP contribution in [0, 0.1) is 0 Å². The molecular weight excluding hydrogens is 268 g/mol. The highest BCUT2D eigenvalue weighted by Crippen LogP contribution is 2.34. The Hall–Kier alpha value is -1.55. The van der Waals surface area contributed by atoms with Crippen LogP contribution in [0.3, 0.4) is 0 Å². The fraction of sp³-hybridized carbons (Fsp3) is 0.375. The van der Waals surface area contributed by atoms with Crippen LogP contribution < -0.4 is 0 Å². The Morgan fingerprint density at radius 3 is 3.05 bits per heavy atom. The van der Waals surface area contributed by atoms with Crippen LogP contribution in [0.2, 0.25) is 0 Å². The molecule has 3 nitrogen and oxygen atoms in total. The first-order valence-electron chi connectivity index (χ1n) is 6.93. The number of carbonyl (C=O) groups excluding carboxylic acids is 1. The van der Waals surface area contributed by atoms with Gasteiger partial charge in [0.1, 0.15) is 5.78 Å². The van der Waals surface area contributed by atoms with Crippen LogP contribution in [-0.4, -0.2) is 20.6 Å². The van der Waals surface area contributed by atoms with Crippen LogP contribution >= 0.6 is 11.8 Å². The summed E-state index contributed by atoms with van der Waals surface area (Å²) >= 11 is 1.62. The summed E-state index contributed by atoms with van der Waals surface area (Å²) in [5.41, 5.74) is 3.39. The molecule has 3 rings (SSSR count). The molecule has 2 aromatic rings. The van der Waals surface area contributed by atoms with E-state index in [1.807, 2.05) is 38.1 Å².